The average molecular weight is 440 g/mol. The first-order chi connectivity index (χ1) is 13.5. The lowest BCUT2D eigenvalue weighted by atomic mass is 9.82. The number of carbonyl (C=O) groups excluding carboxylic acids is 2. The fourth-order valence-corrected chi connectivity index (χ4v) is 6.16. The van der Waals surface area contributed by atoms with Gasteiger partial charge in [0.2, 0.25) is 0 Å². The Morgan fingerprint density at radius 1 is 1.11 bits per heavy atom. The molecule has 1 N–H and O–H groups in total. The van der Waals surface area contributed by atoms with Gasteiger partial charge in [-0.3, -0.25) is 9.59 Å². The molecule has 0 saturated carbocycles. The first kappa shape index (κ1) is 20.9. The number of thiazole rings is 1. The van der Waals surface area contributed by atoms with Crippen molar-refractivity contribution in [3.63, 3.8) is 0 Å². The minimum absolute atomic E-state index is 0.237. The van der Waals surface area contributed by atoms with Crippen molar-refractivity contribution in [1.82, 2.24) is 4.98 Å². The molecule has 150 valence electrons. The van der Waals surface area contributed by atoms with Crippen molar-refractivity contribution in [3.05, 3.63) is 38.7 Å². The number of methoxy groups -OCH3 is 1. The van der Waals surface area contributed by atoms with Crippen LogP contribution >= 0.6 is 35.3 Å². The van der Waals surface area contributed by atoms with Crippen molar-refractivity contribution in [1.29, 1.82) is 0 Å². The van der Waals surface area contributed by atoms with E-state index >= 15 is 0 Å². The van der Waals surface area contributed by atoms with Crippen LogP contribution in [-0.2, 0) is 19.1 Å². The van der Waals surface area contributed by atoms with E-state index < -0.39 is 23.1 Å². The molecule has 3 atom stereocenters. The summed E-state index contributed by atoms with van der Waals surface area (Å²) in [6.45, 7) is 3.97. The van der Waals surface area contributed by atoms with Crippen LogP contribution < -0.4 is 4.74 Å². The van der Waals surface area contributed by atoms with Gasteiger partial charge in [0.25, 0.3) is 0 Å². The smallest absolute Gasteiger partial charge is 0.320 e. The summed E-state index contributed by atoms with van der Waals surface area (Å²) >= 11 is 8.03. The highest BCUT2D eigenvalue weighted by Gasteiger charge is 2.48. The van der Waals surface area contributed by atoms with Gasteiger partial charge in [-0.1, -0.05) is 23.9 Å². The second-order valence-corrected chi connectivity index (χ2v) is 8.90. The van der Waals surface area contributed by atoms with Crippen LogP contribution in [0.5, 0.6) is 5.75 Å². The molecule has 1 aliphatic rings. The van der Waals surface area contributed by atoms with E-state index in [0.717, 1.165) is 15.5 Å². The molecular weight excluding hydrogens is 418 g/mol. The van der Waals surface area contributed by atoms with Gasteiger partial charge in [-0.25, -0.2) is 0 Å². The Labute approximate surface area is 176 Å². The molecule has 0 bridgehead atoms. The van der Waals surface area contributed by atoms with E-state index in [-0.39, 0.29) is 19.1 Å². The minimum Gasteiger partial charge on any atom is -0.497 e. The summed E-state index contributed by atoms with van der Waals surface area (Å²) in [7, 11) is 1.60. The number of fused-ring (bicyclic) bond motifs is 1. The van der Waals surface area contributed by atoms with Gasteiger partial charge < -0.3 is 19.2 Å². The van der Waals surface area contributed by atoms with Crippen LogP contribution in [0.4, 0.5) is 0 Å². The van der Waals surface area contributed by atoms with Gasteiger partial charge in [-0.2, -0.15) is 0 Å². The minimum atomic E-state index is -0.723. The van der Waals surface area contributed by atoms with Gasteiger partial charge >= 0.3 is 11.9 Å². The van der Waals surface area contributed by atoms with E-state index in [0.29, 0.717) is 9.70 Å². The highest BCUT2D eigenvalue weighted by molar-refractivity contribution is 8.00. The number of benzene rings is 1. The second kappa shape index (κ2) is 9.11. The lowest BCUT2D eigenvalue weighted by molar-refractivity contribution is -0.154. The molecule has 3 unspecified atom stereocenters. The van der Waals surface area contributed by atoms with Gasteiger partial charge in [-0.15, -0.1) is 11.3 Å². The fraction of sp³-hybridized carbons (Fsp3) is 0.421. The molecule has 1 aromatic carbocycles. The molecule has 3 rings (SSSR count). The zero-order chi connectivity index (χ0) is 20.3. The molecule has 2 heterocycles. The van der Waals surface area contributed by atoms with Crippen LogP contribution in [0.3, 0.4) is 0 Å². The molecule has 28 heavy (non-hydrogen) atoms. The Kier molecular flexibility index (Phi) is 6.79. The van der Waals surface area contributed by atoms with Gasteiger partial charge in [0.1, 0.15) is 11.0 Å². The monoisotopic (exact) mass is 439 g/mol. The van der Waals surface area contributed by atoms with Gasteiger partial charge in [-0.05, 0) is 43.8 Å². The maximum absolute atomic E-state index is 12.9. The Morgan fingerprint density at radius 3 is 2.36 bits per heavy atom. The van der Waals surface area contributed by atoms with Crippen molar-refractivity contribution < 1.29 is 23.8 Å². The molecular formula is C19H21NO5S3. The standard InChI is InChI=1S/C19H21NO5S3/c1-4-24-17(21)13-12(10-6-8-11(23-3)9-7-10)14-16(20-19(26)28-14)27-15(13)18(22)25-5-2/h6-9,12-13,15H,4-5H2,1-3H3,(H,20,26). The van der Waals surface area contributed by atoms with E-state index in [9.17, 15) is 9.59 Å². The number of esters is 2. The predicted molar refractivity (Wildman–Crippen MR) is 111 cm³/mol. The molecule has 0 radical (unpaired) electrons. The normalized spacial score (nSPS) is 20.9. The molecule has 1 aliphatic heterocycles. The Hall–Kier alpha value is -1.84. The largest absolute Gasteiger partial charge is 0.497 e. The first-order valence-electron chi connectivity index (χ1n) is 8.87. The van der Waals surface area contributed by atoms with Gasteiger partial charge in [0.15, 0.2) is 3.95 Å². The molecule has 9 heteroatoms. The molecule has 0 aliphatic carbocycles. The molecule has 1 aromatic heterocycles. The predicted octanol–water partition coefficient (Wildman–Crippen LogP) is 4.16. The molecule has 6 nitrogen and oxygen atoms in total. The number of nitrogens with one attached hydrogen (secondary N) is 1. The summed E-state index contributed by atoms with van der Waals surface area (Å²) in [6, 6.07) is 7.48. The highest BCUT2D eigenvalue weighted by atomic mass is 32.2. The summed E-state index contributed by atoms with van der Waals surface area (Å²) in [5.41, 5.74) is 0.889. The topological polar surface area (TPSA) is 77.6 Å². The molecule has 2 aromatic rings. The van der Waals surface area contributed by atoms with Crippen molar-refractivity contribution in [2.75, 3.05) is 20.3 Å². The molecule has 0 amide bonds. The highest BCUT2D eigenvalue weighted by Crippen LogP contribution is 2.51. The summed E-state index contributed by atoms with van der Waals surface area (Å²) in [5, 5.41) is 0.0771. The second-order valence-electron chi connectivity index (χ2n) is 6.03. The molecule has 0 saturated heterocycles. The third kappa shape index (κ3) is 4.11. The number of H-pyrrole nitrogens is 1. The number of carbonyl (C=O) groups is 2. The van der Waals surface area contributed by atoms with E-state index in [1.54, 1.807) is 21.0 Å². The van der Waals surface area contributed by atoms with E-state index in [4.69, 9.17) is 26.4 Å². The molecule has 0 spiro atoms. The van der Waals surface area contributed by atoms with Gasteiger partial charge in [0, 0.05) is 10.8 Å². The summed E-state index contributed by atoms with van der Waals surface area (Å²) in [6.07, 6.45) is 0. The number of hydrogen-bond acceptors (Lipinski definition) is 8. The molecule has 0 fully saturated rings. The number of thioether (sulfide) groups is 1. The third-order valence-electron chi connectivity index (χ3n) is 4.41. The van der Waals surface area contributed by atoms with E-state index in [2.05, 4.69) is 4.98 Å². The van der Waals surface area contributed by atoms with E-state index in [1.807, 2.05) is 24.3 Å². The lowest BCUT2D eigenvalue weighted by Crippen LogP contribution is -2.41. The number of hydrogen-bond donors (Lipinski definition) is 1. The maximum Gasteiger partial charge on any atom is 0.320 e. The summed E-state index contributed by atoms with van der Waals surface area (Å²) in [5.74, 6) is -1.22. The van der Waals surface area contributed by atoms with Gasteiger partial charge in [0.05, 0.1) is 31.3 Å². The van der Waals surface area contributed by atoms with E-state index in [1.165, 1.54) is 23.1 Å². The average Bonchev–Trinajstić information content (AvgIpc) is 3.06. The SMILES string of the molecule is CCOC(=O)C1Sc2[nH]c(=S)sc2C(c2ccc(OC)cc2)C1C(=O)OCC. The first-order valence-corrected chi connectivity index (χ1v) is 11.0. The summed E-state index contributed by atoms with van der Waals surface area (Å²) < 4.78 is 16.4. The Morgan fingerprint density at radius 2 is 1.75 bits per heavy atom. The van der Waals surface area contributed by atoms with Crippen molar-refractivity contribution in [2.24, 2.45) is 5.92 Å². The van der Waals surface area contributed by atoms with Crippen molar-refractivity contribution in [2.45, 2.75) is 30.0 Å². The fourth-order valence-electron chi connectivity index (χ4n) is 3.24. The van der Waals surface area contributed by atoms with Crippen LogP contribution in [-0.4, -0.2) is 42.5 Å². The lowest BCUT2D eigenvalue weighted by Gasteiger charge is -2.34. The number of aromatic amines is 1. The van der Waals surface area contributed by atoms with Crippen LogP contribution in [0.25, 0.3) is 0 Å². The number of rotatable bonds is 6. The zero-order valence-electron chi connectivity index (χ0n) is 15.7. The quantitative estimate of drug-likeness (QED) is 0.535. The maximum atomic E-state index is 12.9. The Balaban J connectivity index is 2.14. The number of ether oxygens (including phenoxy) is 3. The van der Waals surface area contributed by atoms with Crippen LogP contribution in [0.15, 0.2) is 29.3 Å². The van der Waals surface area contributed by atoms with Crippen LogP contribution in [0, 0.1) is 9.87 Å². The zero-order valence-corrected chi connectivity index (χ0v) is 18.2. The third-order valence-corrected chi connectivity index (χ3v) is 7.15. The van der Waals surface area contributed by atoms with Crippen LogP contribution in [0.1, 0.15) is 30.2 Å². The van der Waals surface area contributed by atoms with Crippen LogP contribution in [0.2, 0.25) is 0 Å². The number of aromatic nitrogens is 1. The van der Waals surface area contributed by atoms with Crippen molar-refractivity contribution in [3.8, 4) is 5.75 Å². The Bertz CT molecular complexity index is 905. The summed E-state index contributed by atoms with van der Waals surface area (Å²) in [4.78, 5) is 29.7. The van der Waals surface area contributed by atoms with Crippen molar-refractivity contribution >= 4 is 47.3 Å².